The Labute approximate surface area is 360 Å². The van der Waals surface area contributed by atoms with Crippen LogP contribution < -0.4 is 24.8 Å². The van der Waals surface area contributed by atoms with Gasteiger partial charge in [0.05, 0.1) is 43.3 Å². The van der Waals surface area contributed by atoms with Crippen molar-refractivity contribution in [3.05, 3.63) is 47.0 Å². The molecule has 2 aliphatic carbocycles. The molecule has 0 unspecified atom stereocenters. The Kier molecular flexibility index (Phi) is 12.3. The number of ether oxygens (including phenoxy) is 3. The van der Waals surface area contributed by atoms with Crippen molar-refractivity contribution < 1.29 is 41.8 Å². The summed E-state index contributed by atoms with van der Waals surface area (Å²) in [5.74, 6) is -0.902. The number of morpholine rings is 1. The van der Waals surface area contributed by atoms with Gasteiger partial charge in [0, 0.05) is 47.8 Å². The van der Waals surface area contributed by atoms with E-state index in [0.29, 0.717) is 91.5 Å². The Morgan fingerprint density at radius 1 is 1.07 bits per heavy atom. The number of hydrogen-bond donors (Lipinski definition) is 3. The zero-order valence-corrected chi connectivity index (χ0v) is 36.7. The van der Waals surface area contributed by atoms with Crippen LogP contribution in [0.4, 0.5) is 4.79 Å². The number of rotatable bonds is 9. The number of allylic oxidation sites excluding steroid dienone is 1. The number of carbonyl (C=O) groups is 4. The minimum atomic E-state index is -3.91. The summed E-state index contributed by atoms with van der Waals surface area (Å²) in [7, 11) is -2.31. The fourth-order valence-corrected chi connectivity index (χ4v) is 10.8. The molecule has 5 heterocycles. The largest absolute Gasteiger partial charge is 0.496 e. The summed E-state index contributed by atoms with van der Waals surface area (Å²) in [5.41, 5.74) is 1.49. The standard InChI is InChI=1S/C43H55N7O9S2/c1-25(2)33-24-60-39(45-33)32-21-36(30-14-15-35(57-4)26(3)37(30)44-32)59-28-20-34-38(51)47-43(41(53)48-61(55,56)29-12-13-29)22-27(43)10-8-6-5-7-9-11-31(40(52)50(34)23-28)46-42(54)49-16-18-58-19-17-49/h8,10,14-15,21,24-25,27-29,31,34H,5-7,9,11-13,16-20,22-23H2,1-4H3,(H,46,54)(H,47,51)(H,48,53)/t27-,28-,31+,34+,43-/m1/s1. The molecule has 0 bridgehead atoms. The third-order valence-corrected chi connectivity index (χ3v) is 15.1. The third kappa shape index (κ3) is 9.07. The molecule has 16 nitrogen and oxygen atoms in total. The molecule has 5 aliphatic rings. The van der Waals surface area contributed by atoms with Crippen molar-refractivity contribution in [1.29, 1.82) is 0 Å². The van der Waals surface area contributed by atoms with E-state index < -0.39 is 62.6 Å². The number of methoxy groups -OCH3 is 1. The topological polar surface area (TPSA) is 198 Å². The van der Waals surface area contributed by atoms with Crippen LogP contribution in [0.5, 0.6) is 11.5 Å². The van der Waals surface area contributed by atoms with Gasteiger partial charge in [-0.3, -0.25) is 19.1 Å². The predicted octanol–water partition coefficient (Wildman–Crippen LogP) is 4.56. The summed E-state index contributed by atoms with van der Waals surface area (Å²) in [6.45, 7) is 7.64. The highest BCUT2D eigenvalue weighted by Crippen LogP contribution is 2.46. The van der Waals surface area contributed by atoms with E-state index in [1.54, 1.807) is 12.0 Å². The molecule has 1 aromatic carbocycles. The molecule has 8 rings (SSSR count). The van der Waals surface area contributed by atoms with Gasteiger partial charge in [-0.05, 0) is 63.5 Å². The average molecular weight is 878 g/mol. The van der Waals surface area contributed by atoms with Gasteiger partial charge >= 0.3 is 6.03 Å². The van der Waals surface area contributed by atoms with E-state index in [1.807, 2.05) is 42.7 Å². The first-order valence-electron chi connectivity index (χ1n) is 21.4. The summed E-state index contributed by atoms with van der Waals surface area (Å²) in [6.07, 6.45) is 7.66. The number of nitrogens with one attached hydrogen (secondary N) is 3. The summed E-state index contributed by atoms with van der Waals surface area (Å²) >= 11 is 1.48. The number of aryl methyl sites for hydroxylation is 1. The van der Waals surface area contributed by atoms with E-state index in [2.05, 4.69) is 29.2 Å². The molecule has 0 radical (unpaired) electrons. The van der Waals surface area contributed by atoms with Crippen LogP contribution in [-0.4, -0.2) is 121 Å². The number of nitrogens with zero attached hydrogens (tertiary/aromatic N) is 4. The SMILES string of the molecule is COc1ccc2c(O[C@@H]3C[C@H]4C(=O)N[C@]5(C(=O)NS(=O)(=O)C6CC6)C[C@H]5C=CCCCCC[C@H](NC(=O)N5CCOCC5)C(=O)N4C3)cc(-c3nc(C(C)C)cs3)nc2c1C. The smallest absolute Gasteiger partial charge is 0.318 e. The fourth-order valence-electron chi connectivity index (χ4n) is 8.51. The van der Waals surface area contributed by atoms with Gasteiger partial charge in [-0.1, -0.05) is 38.8 Å². The second kappa shape index (κ2) is 17.5. The average Bonchev–Trinajstić information content (AvgIpc) is 4.12. The number of pyridine rings is 1. The number of amides is 5. The van der Waals surface area contributed by atoms with Crippen LogP contribution in [0.2, 0.25) is 0 Å². The zero-order valence-electron chi connectivity index (χ0n) is 35.1. The Hall–Kier alpha value is -4.81. The van der Waals surface area contributed by atoms with Gasteiger partial charge in [-0.25, -0.2) is 23.2 Å². The first-order valence-corrected chi connectivity index (χ1v) is 23.8. The molecule has 5 amide bonds. The highest BCUT2D eigenvalue weighted by Gasteiger charge is 2.62. The first-order chi connectivity index (χ1) is 29.3. The molecule has 61 heavy (non-hydrogen) atoms. The summed E-state index contributed by atoms with van der Waals surface area (Å²) in [4.78, 5) is 70.0. The van der Waals surface area contributed by atoms with E-state index in [9.17, 15) is 27.6 Å². The Balaban J connectivity index is 1.14. The lowest BCUT2D eigenvalue weighted by Gasteiger charge is -2.32. The molecule has 3 aromatic rings. The van der Waals surface area contributed by atoms with E-state index in [4.69, 9.17) is 24.2 Å². The molecule has 2 saturated heterocycles. The van der Waals surface area contributed by atoms with E-state index >= 15 is 0 Å². The second-order valence-corrected chi connectivity index (χ2v) is 19.9. The summed E-state index contributed by atoms with van der Waals surface area (Å²) in [5, 5.41) is 8.72. The molecule has 2 aromatic heterocycles. The number of aromatic nitrogens is 2. The van der Waals surface area contributed by atoms with Gasteiger partial charge in [0.15, 0.2) is 0 Å². The Morgan fingerprint density at radius 2 is 1.85 bits per heavy atom. The lowest BCUT2D eigenvalue weighted by Crippen LogP contribution is -2.59. The number of urea groups is 1. The minimum absolute atomic E-state index is 0.00245. The number of hydrogen-bond acceptors (Lipinski definition) is 12. The summed E-state index contributed by atoms with van der Waals surface area (Å²) < 4.78 is 46.1. The monoisotopic (exact) mass is 877 g/mol. The normalized spacial score (nSPS) is 26.2. The zero-order chi connectivity index (χ0) is 43.1. The van der Waals surface area contributed by atoms with Gasteiger partial charge < -0.3 is 34.6 Å². The second-order valence-electron chi connectivity index (χ2n) is 17.1. The molecule has 3 N–H and O–H groups in total. The van der Waals surface area contributed by atoms with Crippen molar-refractivity contribution in [2.75, 3.05) is 40.0 Å². The fraction of sp³-hybridized carbons (Fsp3) is 0.581. The van der Waals surface area contributed by atoms with Gasteiger partial charge in [0.2, 0.25) is 21.8 Å². The molecular formula is C43H55N7O9S2. The van der Waals surface area contributed by atoms with Crippen LogP contribution in [0.25, 0.3) is 21.6 Å². The maximum absolute atomic E-state index is 14.9. The van der Waals surface area contributed by atoms with Crippen LogP contribution >= 0.6 is 11.3 Å². The van der Waals surface area contributed by atoms with Crippen molar-refractivity contribution in [3.8, 4) is 22.2 Å². The van der Waals surface area contributed by atoms with Crippen LogP contribution in [-0.2, 0) is 29.1 Å². The van der Waals surface area contributed by atoms with Crippen molar-refractivity contribution in [2.24, 2.45) is 5.92 Å². The number of fused-ring (bicyclic) bond motifs is 3. The predicted molar refractivity (Wildman–Crippen MR) is 229 cm³/mol. The van der Waals surface area contributed by atoms with Crippen LogP contribution in [0.3, 0.4) is 0 Å². The molecular weight excluding hydrogens is 823 g/mol. The molecule has 3 aliphatic heterocycles. The Bertz CT molecular complexity index is 2320. The first kappa shape index (κ1) is 42.9. The number of carbonyl (C=O) groups excluding carboxylic acids is 4. The van der Waals surface area contributed by atoms with Gasteiger partial charge in [-0.2, -0.15) is 0 Å². The van der Waals surface area contributed by atoms with Gasteiger partial charge in [0.25, 0.3) is 5.91 Å². The van der Waals surface area contributed by atoms with Crippen molar-refractivity contribution in [3.63, 3.8) is 0 Å². The van der Waals surface area contributed by atoms with Crippen LogP contribution in [0, 0.1) is 12.8 Å². The quantitative estimate of drug-likeness (QED) is 0.255. The van der Waals surface area contributed by atoms with E-state index in [1.165, 1.54) is 16.2 Å². The van der Waals surface area contributed by atoms with Crippen LogP contribution in [0.1, 0.15) is 88.8 Å². The maximum Gasteiger partial charge on any atom is 0.318 e. The van der Waals surface area contributed by atoms with Crippen molar-refractivity contribution >= 4 is 56.0 Å². The number of thiazole rings is 1. The highest BCUT2D eigenvalue weighted by molar-refractivity contribution is 7.91. The van der Waals surface area contributed by atoms with Crippen molar-refractivity contribution in [1.82, 2.24) is 35.1 Å². The minimum Gasteiger partial charge on any atom is -0.496 e. The molecule has 2 saturated carbocycles. The van der Waals surface area contributed by atoms with Crippen LogP contribution in [0.15, 0.2) is 35.7 Å². The number of benzene rings is 1. The number of sulfonamides is 1. The van der Waals surface area contributed by atoms with Crippen molar-refractivity contribution in [2.45, 2.75) is 113 Å². The van der Waals surface area contributed by atoms with E-state index in [0.717, 1.165) is 24.1 Å². The molecule has 0 spiro atoms. The van der Waals surface area contributed by atoms with E-state index in [-0.39, 0.29) is 31.3 Å². The maximum atomic E-state index is 14.9. The Morgan fingerprint density at radius 3 is 2.57 bits per heavy atom. The lowest BCUT2D eigenvalue weighted by atomic mass is 10.0. The van der Waals surface area contributed by atoms with Gasteiger partial charge in [0.1, 0.15) is 45.9 Å². The highest BCUT2D eigenvalue weighted by atomic mass is 32.2. The summed E-state index contributed by atoms with van der Waals surface area (Å²) in [6, 6.07) is 3.12. The molecule has 5 atom stereocenters. The van der Waals surface area contributed by atoms with Gasteiger partial charge in [-0.15, -0.1) is 11.3 Å². The third-order valence-electron chi connectivity index (χ3n) is 12.4. The lowest BCUT2D eigenvalue weighted by molar-refractivity contribution is -0.141. The molecule has 18 heteroatoms. The molecule has 4 fully saturated rings. The molecule has 328 valence electrons.